The van der Waals surface area contributed by atoms with Crippen molar-refractivity contribution < 1.29 is 0 Å². The molecule has 0 aliphatic rings. The van der Waals surface area contributed by atoms with Crippen LogP contribution in [0, 0.1) is 0 Å². The Hall–Kier alpha value is -0.770. The van der Waals surface area contributed by atoms with Gasteiger partial charge >= 0.3 is 0 Å². The van der Waals surface area contributed by atoms with Crippen LogP contribution in [0.25, 0.3) is 0 Å². The Morgan fingerprint density at radius 2 is 2.00 bits per heavy atom. The zero-order valence-electron chi connectivity index (χ0n) is 9.50. The highest BCUT2D eigenvalue weighted by Gasteiger charge is 2.16. The summed E-state index contributed by atoms with van der Waals surface area (Å²) in [5.74, 6) is 0. The number of nitrogens with zero attached hydrogens (tertiary/aromatic N) is 2. The number of nitrogens with two attached hydrogens (primary N) is 1. The van der Waals surface area contributed by atoms with E-state index in [1.807, 2.05) is 0 Å². The van der Waals surface area contributed by atoms with Crippen LogP contribution < -0.4 is 10.6 Å². The number of hydrogen-bond donors (Lipinski definition) is 1. The summed E-state index contributed by atoms with van der Waals surface area (Å²) < 4.78 is 0.955. The number of pyridine rings is 1. The van der Waals surface area contributed by atoms with E-state index in [1.165, 1.54) is 0 Å². The third-order valence-electron chi connectivity index (χ3n) is 2.74. The van der Waals surface area contributed by atoms with Crippen molar-refractivity contribution in [2.45, 2.75) is 32.7 Å². The summed E-state index contributed by atoms with van der Waals surface area (Å²) in [6.45, 7) is 4.38. The fraction of sp³-hybridized carbons (Fsp3) is 0.545. The second-order valence-corrected chi connectivity index (χ2v) is 4.49. The van der Waals surface area contributed by atoms with Gasteiger partial charge in [0.2, 0.25) is 0 Å². The topological polar surface area (TPSA) is 42.1 Å². The minimum absolute atomic E-state index is 0.519. The van der Waals surface area contributed by atoms with E-state index in [-0.39, 0.29) is 0 Å². The van der Waals surface area contributed by atoms with Crippen LogP contribution in [0.5, 0.6) is 0 Å². The van der Waals surface area contributed by atoms with Gasteiger partial charge in [0.15, 0.2) is 0 Å². The Kier molecular flexibility index (Phi) is 4.39. The monoisotopic (exact) mass is 271 g/mol. The quantitative estimate of drug-likeness (QED) is 0.916. The van der Waals surface area contributed by atoms with Gasteiger partial charge in [-0.25, -0.2) is 0 Å². The molecule has 0 aromatic carbocycles. The van der Waals surface area contributed by atoms with E-state index in [4.69, 9.17) is 5.73 Å². The van der Waals surface area contributed by atoms with Gasteiger partial charge in [0.05, 0.1) is 22.0 Å². The van der Waals surface area contributed by atoms with Crippen molar-refractivity contribution >= 4 is 27.3 Å². The molecule has 2 N–H and O–H groups in total. The fourth-order valence-electron chi connectivity index (χ4n) is 1.83. The molecule has 1 heterocycles. The standard InChI is InChI=1S/C11H18BrN3/c1-4-8(5-2)15(3)11-9(12)6-14-7-10(11)13/h6-8H,4-5,13H2,1-3H3. The summed E-state index contributed by atoms with van der Waals surface area (Å²) in [6, 6.07) is 0.519. The average Bonchev–Trinajstić information content (AvgIpc) is 2.19. The fourth-order valence-corrected chi connectivity index (χ4v) is 2.46. The lowest BCUT2D eigenvalue weighted by Gasteiger charge is -2.30. The van der Waals surface area contributed by atoms with Crippen molar-refractivity contribution in [2.24, 2.45) is 0 Å². The van der Waals surface area contributed by atoms with Crippen LogP contribution in [0.15, 0.2) is 16.9 Å². The number of aromatic nitrogens is 1. The van der Waals surface area contributed by atoms with Gasteiger partial charge in [-0.05, 0) is 28.8 Å². The summed E-state index contributed by atoms with van der Waals surface area (Å²) in [5, 5.41) is 0. The van der Waals surface area contributed by atoms with E-state index in [9.17, 15) is 0 Å². The molecule has 1 aromatic heterocycles. The van der Waals surface area contributed by atoms with Gasteiger partial charge in [-0.15, -0.1) is 0 Å². The van der Waals surface area contributed by atoms with Crippen LogP contribution in [0.2, 0.25) is 0 Å². The van der Waals surface area contributed by atoms with Crippen molar-refractivity contribution in [2.75, 3.05) is 17.7 Å². The molecule has 84 valence electrons. The molecule has 3 nitrogen and oxygen atoms in total. The van der Waals surface area contributed by atoms with Crippen LogP contribution in [-0.4, -0.2) is 18.1 Å². The first-order chi connectivity index (χ1) is 7.11. The molecule has 0 aliphatic heterocycles. The molecule has 0 bridgehead atoms. The first kappa shape index (κ1) is 12.3. The first-order valence-corrected chi connectivity index (χ1v) is 6.02. The molecule has 0 atom stereocenters. The number of nitrogen functional groups attached to an aromatic ring is 1. The molecule has 4 heteroatoms. The third kappa shape index (κ3) is 2.62. The number of rotatable bonds is 4. The lowest BCUT2D eigenvalue weighted by atomic mass is 10.1. The Labute approximate surface area is 99.8 Å². The van der Waals surface area contributed by atoms with Gasteiger partial charge in [-0.3, -0.25) is 4.98 Å². The van der Waals surface area contributed by atoms with Crippen LogP contribution >= 0.6 is 15.9 Å². The minimum Gasteiger partial charge on any atom is -0.396 e. The summed E-state index contributed by atoms with van der Waals surface area (Å²) in [7, 11) is 2.08. The van der Waals surface area contributed by atoms with Gasteiger partial charge in [-0.1, -0.05) is 13.8 Å². The van der Waals surface area contributed by atoms with Gasteiger partial charge in [-0.2, -0.15) is 0 Å². The molecular formula is C11H18BrN3. The molecule has 0 amide bonds. The molecule has 0 spiro atoms. The molecule has 0 saturated carbocycles. The molecule has 1 aromatic rings. The predicted molar refractivity (Wildman–Crippen MR) is 69.1 cm³/mol. The van der Waals surface area contributed by atoms with Gasteiger partial charge in [0, 0.05) is 19.3 Å². The SMILES string of the molecule is CCC(CC)N(C)c1c(N)cncc1Br. The molecule has 15 heavy (non-hydrogen) atoms. The van der Waals surface area contributed by atoms with Gasteiger partial charge in [0.1, 0.15) is 0 Å². The van der Waals surface area contributed by atoms with Crippen molar-refractivity contribution in [1.29, 1.82) is 0 Å². The van der Waals surface area contributed by atoms with Crippen LogP contribution in [0.4, 0.5) is 11.4 Å². The van der Waals surface area contributed by atoms with Crippen molar-refractivity contribution in [3.63, 3.8) is 0 Å². The maximum atomic E-state index is 5.94. The second kappa shape index (κ2) is 5.35. The van der Waals surface area contributed by atoms with Gasteiger partial charge in [0.25, 0.3) is 0 Å². The third-order valence-corrected chi connectivity index (χ3v) is 3.32. The number of hydrogen-bond acceptors (Lipinski definition) is 3. The molecule has 0 fully saturated rings. The number of halogens is 1. The molecule has 0 aliphatic carbocycles. The smallest absolute Gasteiger partial charge is 0.0775 e. The highest BCUT2D eigenvalue weighted by Crippen LogP contribution is 2.32. The normalized spacial score (nSPS) is 10.7. The van der Waals surface area contributed by atoms with E-state index >= 15 is 0 Å². The van der Waals surface area contributed by atoms with E-state index in [1.54, 1.807) is 12.4 Å². The second-order valence-electron chi connectivity index (χ2n) is 3.64. The largest absolute Gasteiger partial charge is 0.396 e. The lowest BCUT2D eigenvalue weighted by molar-refractivity contribution is 0.591. The highest BCUT2D eigenvalue weighted by atomic mass is 79.9. The zero-order valence-corrected chi connectivity index (χ0v) is 11.1. The Morgan fingerprint density at radius 3 is 2.47 bits per heavy atom. The molecule has 0 radical (unpaired) electrons. The summed E-state index contributed by atoms with van der Waals surface area (Å²) in [5.41, 5.74) is 7.70. The van der Waals surface area contributed by atoms with Crippen LogP contribution in [-0.2, 0) is 0 Å². The predicted octanol–water partition coefficient (Wildman–Crippen LogP) is 3.05. The maximum Gasteiger partial charge on any atom is 0.0775 e. The number of anilines is 2. The summed E-state index contributed by atoms with van der Waals surface area (Å²) >= 11 is 3.49. The highest BCUT2D eigenvalue weighted by molar-refractivity contribution is 9.10. The molecule has 1 rings (SSSR count). The molecular weight excluding hydrogens is 254 g/mol. The van der Waals surface area contributed by atoms with Crippen molar-refractivity contribution in [3.05, 3.63) is 16.9 Å². The zero-order chi connectivity index (χ0) is 11.4. The van der Waals surface area contributed by atoms with E-state index in [2.05, 4.69) is 46.7 Å². The molecule has 0 unspecified atom stereocenters. The molecule has 0 saturated heterocycles. The van der Waals surface area contributed by atoms with Gasteiger partial charge < -0.3 is 10.6 Å². The van der Waals surface area contributed by atoms with Crippen molar-refractivity contribution in [3.8, 4) is 0 Å². The average molecular weight is 272 g/mol. The Balaban J connectivity index is 3.04. The maximum absolute atomic E-state index is 5.94. The Morgan fingerprint density at radius 1 is 1.40 bits per heavy atom. The Bertz CT molecular complexity index is 303. The van der Waals surface area contributed by atoms with E-state index < -0.39 is 0 Å². The summed E-state index contributed by atoms with van der Waals surface area (Å²) in [4.78, 5) is 6.26. The van der Waals surface area contributed by atoms with E-state index in [0.717, 1.165) is 28.7 Å². The first-order valence-electron chi connectivity index (χ1n) is 5.23. The van der Waals surface area contributed by atoms with Crippen molar-refractivity contribution in [1.82, 2.24) is 4.98 Å². The van der Waals surface area contributed by atoms with E-state index in [0.29, 0.717) is 6.04 Å². The minimum atomic E-state index is 0.519. The van der Waals surface area contributed by atoms with Crippen LogP contribution in [0.1, 0.15) is 26.7 Å². The lowest BCUT2D eigenvalue weighted by Crippen LogP contribution is -2.31. The summed E-state index contributed by atoms with van der Waals surface area (Å²) in [6.07, 6.45) is 5.70. The van der Waals surface area contributed by atoms with Crippen LogP contribution in [0.3, 0.4) is 0 Å².